The van der Waals surface area contributed by atoms with E-state index in [-0.39, 0.29) is 0 Å². The molecule has 2 heterocycles. The Morgan fingerprint density at radius 1 is 0.591 bits per heavy atom. The molecule has 0 fully saturated rings. The van der Waals surface area contributed by atoms with E-state index in [1.54, 1.807) is 0 Å². The van der Waals surface area contributed by atoms with Crippen molar-refractivity contribution in [3.05, 3.63) is 151 Å². The Bertz CT molecular complexity index is 2400. The molecule has 3 nitrogen and oxygen atoms in total. The second-order valence-corrected chi connectivity index (χ2v) is 11.0. The van der Waals surface area contributed by atoms with Crippen molar-refractivity contribution in [3.8, 4) is 28.3 Å². The van der Waals surface area contributed by atoms with Crippen LogP contribution in [0.2, 0.25) is 0 Å². The van der Waals surface area contributed by atoms with Crippen molar-refractivity contribution >= 4 is 55.6 Å². The second kappa shape index (κ2) is 10.5. The van der Waals surface area contributed by atoms with E-state index in [4.69, 9.17) is 9.97 Å². The van der Waals surface area contributed by atoms with Gasteiger partial charge in [-0.1, -0.05) is 128 Å². The number of rotatable bonds is 5. The van der Waals surface area contributed by atoms with Crippen LogP contribution in [0.15, 0.2) is 140 Å². The predicted molar refractivity (Wildman–Crippen MR) is 187 cm³/mol. The lowest BCUT2D eigenvalue weighted by atomic mass is 9.90. The van der Waals surface area contributed by atoms with Crippen molar-refractivity contribution in [2.24, 2.45) is 0 Å². The Balaban J connectivity index is 1.53. The van der Waals surface area contributed by atoms with E-state index in [2.05, 4.69) is 133 Å². The van der Waals surface area contributed by atoms with Crippen molar-refractivity contribution < 1.29 is 0 Å². The molecule has 0 aliphatic carbocycles. The molecule has 0 saturated carbocycles. The summed E-state index contributed by atoms with van der Waals surface area (Å²) in [5.74, 6) is 0.703. The Kier molecular flexibility index (Phi) is 6.16. The molecule has 0 aliphatic rings. The summed E-state index contributed by atoms with van der Waals surface area (Å²) in [6.07, 6.45) is 6.27. The number of para-hydroxylation sites is 2. The zero-order valence-corrected chi connectivity index (χ0v) is 24.4. The average Bonchev–Trinajstić information content (AvgIpc) is 3.43. The zero-order valence-electron chi connectivity index (χ0n) is 24.4. The van der Waals surface area contributed by atoms with Crippen LogP contribution in [-0.2, 0) is 0 Å². The van der Waals surface area contributed by atoms with Crippen molar-refractivity contribution in [3.63, 3.8) is 0 Å². The summed E-state index contributed by atoms with van der Waals surface area (Å²) < 4.78 is 2.26. The number of hydrogen-bond acceptors (Lipinski definition) is 2. The fourth-order valence-corrected chi connectivity index (χ4v) is 6.57. The first-order valence-electron chi connectivity index (χ1n) is 14.9. The van der Waals surface area contributed by atoms with Gasteiger partial charge in [-0.15, -0.1) is 0 Å². The van der Waals surface area contributed by atoms with Gasteiger partial charge < -0.3 is 0 Å². The molecule has 0 radical (unpaired) electrons. The highest BCUT2D eigenvalue weighted by Crippen LogP contribution is 2.41. The van der Waals surface area contributed by atoms with Crippen LogP contribution in [0.4, 0.5) is 0 Å². The Hall–Kier alpha value is -5.80. The molecular formula is C41H29N3. The highest BCUT2D eigenvalue weighted by atomic mass is 15.1. The topological polar surface area (TPSA) is 30.7 Å². The van der Waals surface area contributed by atoms with E-state index < -0.39 is 0 Å². The average molecular weight is 564 g/mol. The van der Waals surface area contributed by atoms with Crippen molar-refractivity contribution in [1.82, 2.24) is 14.5 Å². The normalized spacial score (nSPS) is 11.8. The van der Waals surface area contributed by atoms with E-state index in [1.807, 2.05) is 30.3 Å². The Labute approximate surface area is 256 Å². The first-order valence-corrected chi connectivity index (χ1v) is 14.9. The standard InChI is InChI=1S/C41H29N3/c1-3-15-31-30(4-2)32-20-11-12-21-33(32)36-26-28(24-25-34(31)36)39-38-35-22-13-14-23-37(35)44(29-18-9-6-10-19-29)41(38)43-40(42-39)27-16-7-5-8-17-27/h3-26H,2H2,1H3/b15-3-. The van der Waals surface area contributed by atoms with Crippen LogP contribution in [0, 0.1) is 0 Å². The summed E-state index contributed by atoms with van der Waals surface area (Å²) in [6.45, 7) is 6.23. The highest BCUT2D eigenvalue weighted by Gasteiger charge is 2.21. The first kappa shape index (κ1) is 25.9. The quantitative estimate of drug-likeness (QED) is 0.195. The molecule has 2 aromatic heterocycles. The number of hydrogen-bond donors (Lipinski definition) is 0. The van der Waals surface area contributed by atoms with Gasteiger partial charge >= 0.3 is 0 Å². The van der Waals surface area contributed by atoms with Crippen molar-refractivity contribution in [2.75, 3.05) is 0 Å². The molecule has 0 amide bonds. The molecule has 8 aromatic rings. The lowest BCUT2D eigenvalue weighted by Crippen LogP contribution is -1.99. The molecule has 0 aliphatic heterocycles. The molecule has 0 saturated heterocycles. The van der Waals surface area contributed by atoms with Gasteiger partial charge in [-0.2, -0.15) is 0 Å². The van der Waals surface area contributed by atoms with Gasteiger partial charge in [0.1, 0.15) is 5.65 Å². The van der Waals surface area contributed by atoms with Crippen LogP contribution in [0.5, 0.6) is 0 Å². The van der Waals surface area contributed by atoms with Crippen molar-refractivity contribution in [1.29, 1.82) is 0 Å². The Morgan fingerprint density at radius 2 is 1.25 bits per heavy atom. The minimum Gasteiger partial charge on any atom is -0.294 e. The second-order valence-electron chi connectivity index (χ2n) is 11.0. The number of benzene rings is 6. The van der Waals surface area contributed by atoms with Gasteiger partial charge in [0.25, 0.3) is 0 Å². The molecule has 6 aromatic carbocycles. The van der Waals surface area contributed by atoms with E-state index >= 15 is 0 Å². The van der Waals surface area contributed by atoms with Gasteiger partial charge in [0.2, 0.25) is 0 Å². The zero-order chi connectivity index (χ0) is 29.6. The number of aromatic nitrogens is 3. The molecule has 8 rings (SSSR count). The van der Waals surface area contributed by atoms with Gasteiger partial charge in [0, 0.05) is 22.2 Å². The summed E-state index contributed by atoms with van der Waals surface area (Å²) in [7, 11) is 0. The minimum atomic E-state index is 0.703. The number of nitrogens with zero attached hydrogens (tertiary/aromatic N) is 3. The first-order chi connectivity index (χ1) is 21.8. The summed E-state index contributed by atoms with van der Waals surface area (Å²) in [5, 5.41) is 6.95. The van der Waals surface area contributed by atoms with Crippen LogP contribution < -0.4 is 0 Å². The molecule has 0 N–H and O–H groups in total. The third-order valence-electron chi connectivity index (χ3n) is 8.48. The molecule has 208 valence electrons. The minimum absolute atomic E-state index is 0.703. The number of fused-ring (bicyclic) bond motifs is 6. The van der Waals surface area contributed by atoms with Gasteiger partial charge in [-0.25, -0.2) is 9.97 Å². The third-order valence-corrected chi connectivity index (χ3v) is 8.48. The predicted octanol–water partition coefficient (Wildman–Crippen LogP) is 10.9. The fraction of sp³-hybridized carbons (Fsp3) is 0.0244. The van der Waals surface area contributed by atoms with Crippen LogP contribution in [0.25, 0.3) is 84.0 Å². The van der Waals surface area contributed by atoms with Crippen LogP contribution in [0.3, 0.4) is 0 Å². The van der Waals surface area contributed by atoms with Crippen LogP contribution >= 0.6 is 0 Å². The maximum absolute atomic E-state index is 5.32. The van der Waals surface area contributed by atoms with Crippen LogP contribution in [-0.4, -0.2) is 14.5 Å². The van der Waals surface area contributed by atoms with Gasteiger partial charge in [0.05, 0.1) is 16.6 Å². The SMILES string of the molecule is C=Cc1c(/C=C\C)c2ccc(-c3nc(-c4ccccc4)nc4c3c3ccccc3n4-c3ccccc3)cc2c2ccccc12. The van der Waals surface area contributed by atoms with E-state index in [1.165, 1.54) is 27.1 Å². The summed E-state index contributed by atoms with van der Waals surface area (Å²) in [6, 6.07) is 44.6. The molecule has 0 spiro atoms. The fourth-order valence-electron chi connectivity index (χ4n) is 6.57. The van der Waals surface area contributed by atoms with E-state index in [0.29, 0.717) is 5.82 Å². The maximum atomic E-state index is 5.32. The monoisotopic (exact) mass is 563 g/mol. The van der Waals surface area contributed by atoms with E-state index in [0.717, 1.165) is 50.0 Å². The summed E-state index contributed by atoms with van der Waals surface area (Å²) in [4.78, 5) is 10.6. The number of allylic oxidation sites excluding steroid dienone is 1. The lowest BCUT2D eigenvalue weighted by molar-refractivity contribution is 1.11. The van der Waals surface area contributed by atoms with Gasteiger partial charge in [-0.3, -0.25) is 4.57 Å². The van der Waals surface area contributed by atoms with Gasteiger partial charge in [0.15, 0.2) is 5.82 Å². The smallest absolute Gasteiger partial charge is 0.162 e. The largest absolute Gasteiger partial charge is 0.294 e. The van der Waals surface area contributed by atoms with E-state index in [9.17, 15) is 0 Å². The third kappa shape index (κ3) is 3.98. The molecule has 0 unspecified atom stereocenters. The Morgan fingerprint density at radius 3 is 2.00 bits per heavy atom. The molecule has 0 atom stereocenters. The highest BCUT2D eigenvalue weighted by molar-refractivity contribution is 6.18. The molecule has 0 bridgehead atoms. The summed E-state index contributed by atoms with van der Waals surface area (Å²) >= 11 is 0. The summed E-state index contributed by atoms with van der Waals surface area (Å²) in [5.41, 5.74) is 8.36. The lowest BCUT2D eigenvalue weighted by Gasteiger charge is -2.15. The molecule has 3 heteroatoms. The molecule has 44 heavy (non-hydrogen) atoms. The molecular weight excluding hydrogens is 534 g/mol. The maximum Gasteiger partial charge on any atom is 0.162 e. The van der Waals surface area contributed by atoms with Crippen molar-refractivity contribution in [2.45, 2.75) is 6.92 Å². The van der Waals surface area contributed by atoms with Gasteiger partial charge in [-0.05, 0) is 63.9 Å². The van der Waals surface area contributed by atoms with Crippen LogP contribution in [0.1, 0.15) is 18.1 Å².